The molecule has 0 radical (unpaired) electrons. The minimum absolute atomic E-state index is 0.881. The van der Waals surface area contributed by atoms with Crippen LogP contribution in [0.4, 0.5) is 0 Å². The number of thiol groups is 1. The monoisotopic (exact) mass is 300 g/mol. The van der Waals surface area contributed by atoms with Crippen LogP contribution >= 0.6 is 12.6 Å². The molecule has 0 saturated carbocycles. The lowest BCUT2D eigenvalue weighted by molar-refractivity contribution is 0.338. The van der Waals surface area contributed by atoms with E-state index in [1.165, 1.54) is 16.3 Å². The van der Waals surface area contributed by atoms with Crippen molar-refractivity contribution in [2.24, 2.45) is 0 Å². The lowest BCUT2D eigenvalue weighted by Gasteiger charge is -2.16. The lowest BCUT2D eigenvalue weighted by Crippen LogP contribution is -2.30. The molecule has 0 bridgehead atoms. The summed E-state index contributed by atoms with van der Waals surface area (Å²) in [6, 6.07) is 13.0. The molecule has 0 unspecified atom stereocenters. The van der Waals surface area contributed by atoms with Gasteiger partial charge in [-0.25, -0.2) is 0 Å². The van der Waals surface area contributed by atoms with Crippen LogP contribution in [0.1, 0.15) is 5.56 Å². The van der Waals surface area contributed by atoms with Crippen molar-refractivity contribution in [3.63, 3.8) is 0 Å². The van der Waals surface area contributed by atoms with Gasteiger partial charge in [-0.15, -0.1) is 19.2 Å². The van der Waals surface area contributed by atoms with Gasteiger partial charge >= 0.3 is 0 Å². The topological polar surface area (TPSA) is 15.3 Å². The van der Waals surface area contributed by atoms with Crippen LogP contribution < -0.4 is 5.32 Å². The van der Waals surface area contributed by atoms with Gasteiger partial charge in [-0.3, -0.25) is 0 Å². The number of rotatable bonds is 8. The van der Waals surface area contributed by atoms with Crippen molar-refractivity contribution >= 4 is 23.4 Å². The van der Waals surface area contributed by atoms with Gasteiger partial charge in [0.2, 0.25) is 0 Å². The number of benzene rings is 2. The average molecular weight is 300 g/mol. The molecule has 0 aromatic heterocycles. The van der Waals surface area contributed by atoms with Gasteiger partial charge in [-0.05, 0) is 41.9 Å². The van der Waals surface area contributed by atoms with E-state index in [2.05, 4.69) is 66.8 Å². The predicted molar refractivity (Wildman–Crippen MR) is 95.5 cm³/mol. The zero-order chi connectivity index (χ0) is 15.1. The third-order valence-corrected chi connectivity index (χ3v) is 3.91. The molecule has 21 heavy (non-hydrogen) atoms. The molecule has 2 aromatic carbocycles. The molecule has 1 N–H and O–H groups in total. The van der Waals surface area contributed by atoms with E-state index in [1.807, 2.05) is 12.1 Å². The van der Waals surface area contributed by atoms with E-state index < -0.39 is 0 Å². The van der Waals surface area contributed by atoms with Crippen LogP contribution in [-0.4, -0.2) is 38.1 Å². The van der Waals surface area contributed by atoms with Crippen LogP contribution in [0.5, 0.6) is 0 Å². The van der Waals surface area contributed by atoms with E-state index in [9.17, 15) is 0 Å². The fourth-order valence-corrected chi connectivity index (χ4v) is 2.56. The normalized spacial score (nSPS) is 11.2. The third kappa shape index (κ3) is 5.20. The van der Waals surface area contributed by atoms with Crippen molar-refractivity contribution in [2.45, 2.75) is 11.3 Å². The van der Waals surface area contributed by atoms with Gasteiger partial charge in [-0.1, -0.05) is 30.3 Å². The summed E-state index contributed by atoms with van der Waals surface area (Å²) in [7, 11) is 2.17. The molecule has 0 atom stereocenters. The van der Waals surface area contributed by atoms with E-state index in [-0.39, 0.29) is 0 Å². The lowest BCUT2D eigenvalue weighted by atomic mass is 10.0. The maximum absolute atomic E-state index is 4.38. The molecular weight excluding hydrogens is 276 g/mol. The molecule has 2 nitrogen and oxygen atoms in total. The van der Waals surface area contributed by atoms with Crippen LogP contribution in [0, 0.1) is 0 Å². The summed E-state index contributed by atoms with van der Waals surface area (Å²) in [4.78, 5) is 3.37. The minimum Gasteiger partial charge on any atom is -0.312 e. The zero-order valence-corrected chi connectivity index (χ0v) is 13.6. The standard InChI is InChI=1S/C18H24N2S/c1-3-9-19-10-12-20(2)11-8-15-4-5-17-14-18(21)7-6-16(17)13-15/h3-7,13-14,19,21H,1,8-12H2,2H3. The Labute approximate surface area is 133 Å². The van der Waals surface area contributed by atoms with E-state index in [4.69, 9.17) is 0 Å². The SMILES string of the molecule is C=CCNCCN(C)CCc1ccc2cc(S)ccc2c1. The Morgan fingerprint density at radius 3 is 2.71 bits per heavy atom. The highest BCUT2D eigenvalue weighted by Gasteiger charge is 2.01. The zero-order valence-electron chi connectivity index (χ0n) is 12.7. The highest BCUT2D eigenvalue weighted by Crippen LogP contribution is 2.20. The Kier molecular flexibility index (Phi) is 6.30. The summed E-state index contributed by atoms with van der Waals surface area (Å²) in [6.45, 7) is 7.72. The summed E-state index contributed by atoms with van der Waals surface area (Å²) in [5, 5.41) is 5.88. The van der Waals surface area contributed by atoms with Crippen molar-refractivity contribution in [3.8, 4) is 0 Å². The fourth-order valence-electron chi connectivity index (χ4n) is 2.34. The number of likely N-dealkylation sites (N-methyl/N-ethyl adjacent to an activating group) is 1. The average Bonchev–Trinajstić information content (AvgIpc) is 2.49. The molecule has 0 saturated heterocycles. The number of nitrogens with one attached hydrogen (secondary N) is 1. The van der Waals surface area contributed by atoms with Crippen LogP contribution in [0.25, 0.3) is 10.8 Å². The molecule has 3 heteroatoms. The van der Waals surface area contributed by atoms with E-state index in [0.717, 1.165) is 37.5 Å². The second kappa shape index (κ2) is 8.23. The first-order valence-electron chi connectivity index (χ1n) is 7.41. The van der Waals surface area contributed by atoms with E-state index in [1.54, 1.807) is 0 Å². The maximum atomic E-state index is 4.38. The molecule has 0 amide bonds. The Morgan fingerprint density at radius 2 is 1.90 bits per heavy atom. The minimum atomic E-state index is 0.881. The largest absolute Gasteiger partial charge is 0.312 e. The van der Waals surface area contributed by atoms with Crippen LogP contribution in [0.3, 0.4) is 0 Å². The summed E-state index contributed by atoms with van der Waals surface area (Å²) in [5.41, 5.74) is 1.39. The van der Waals surface area contributed by atoms with Crippen molar-refractivity contribution in [1.29, 1.82) is 0 Å². The Hall–Kier alpha value is -1.29. The van der Waals surface area contributed by atoms with E-state index in [0.29, 0.717) is 0 Å². The first-order chi connectivity index (χ1) is 10.2. The van der Waals surface area contributed by atoms with Crippen molar-refractivity contribution in [3.05, 3.63) is 54.6 Å². The number of fused-ring (bicyclic) bond motifs is 1. The highest BCUT2D eigenvalue weighted by molar-refractivity contribution is 7.80. The fraction of sp³-hybridized carbons (Fsp3) is 0.333. The highest BCUT2D eigenvalue weighted by atomic mass is 32.1. The third-order valence-electron chi connectivity index (χ3n) is 3.63. The molecule has 0 aliphatic rings. The van der Waals surface area contributed by atoms with Crippen LogP contribution in [-0.2, 0) is 6.42 Å². The van der Waals surface area contributed by atoms with Crippen molar-refractivity contribution in [1.82, 2.24) is 10.2 Å². The number of nitrogens with zero attached hydrogens (tertiary/aromatic N) is 1. The summed E-state index contributed by atoms with van der Waals surface area (Å²) in [6.07, 6.45) is 2.97. The summed E-state index contributed by atoms with van der Waals surface area (Å²) < 4.78 is 0. The van der Waals surface area contributed by atoms with Gasteiger partial charge in [-0.2, -0.15) is 0 Å². The first kappa shape index (κ1) is 16.1. The molecule has 2 aromatic rings. The predicted octanol–water partition coefficient (Wildman–Crippen LogP) is 3.38. The molecule has 0 fully saturated rings. The Morgan fingerprint density at radius 1 is 1.14 bits per heavy atom. The Bertz CT molecular complexity index is 595. The maximum Gasteiger partial charge on any atom is 0.0132 e. The molecule has 112 valence electrons. The van der Waals surface area contributed by atoms with E-state index >= 15 is 0 Å². The summed E-state index contributed by atoms with van der Waals surface area (Å²) in [5.74, 6) is 0. The quantitative estimate of drug-likeness (QED) is 0.441. The van der Waals surface area contributed by atoms with Crippen molar-refractivity contribution < 1.29 is 0 Å². The van der Waals surface area contributed by atoms with Crippen molar-refractivity contribution in [2.75, 3.05) is 33.2 Å². The number of hydrogen-bond donors (Lipinski definition) is 2. The van der Waals surface area contributed by atoms with Gasteiger partial charge in [0, 0.05) is 31.1 Å². The second-order valence-corrected chi connectivity index (χ2v) is 5.93. The molecule has 0 aliphatic carbocycles. The van der Waals surface area contributed by atoms with Gasteiger partial charge in [0.15, 0.2) is 0 Å². The molecule has 2 rings (SSSR count). The second-order valence-electron chi connectivity index (χ2n) is 5.41. The smallest absolute Gasteiger partial charge is 0.0132 e. The first-order valence-corrected chi connectivity index (χ1v) is 7.85. The van der Waals surface area contributed by atoms with Gasteiger partial charge in [0.1, 0.15) is 0 Å². The number of hydrogen-bond acceptors (Lipinski definition) is 3. The Balaban J connectivity index is 1.85. The van der Waals surface area contributed by atoms with Crippen LogP contribution in [0.2, 0.25) is 0 Å². The molecule has 0 spiro atoms. The molecular formula is C18H24N2S. The van der Waals surface area contributed by atoms with Crippen LogP contribution in [0.15, 0.2) is 53.9 Å². The van der Waals surface area contributed by atoms with Gasteiger partial charge in [0.05, 0.1) is 0 Å². The van der Waals surface area contributed by atoms with Gasteiger partial charge < -0.3 is 10.2 Å². The summed E-state index contributed by atoms with van der Waals surface area (Å²) >= 11 is 4.38. The molecule has 0 aliphatic heterocycles. The molecule has 0 heterocycles. The van der Waals surface area contributed by atoms with Gasteiger partial charge in [0.25, 0.3) is 0 Å².